The van der Waals surface area contributed by atoms with Crippen LogP contribution in [0.3, 0.4) is 0 Å². The average molecular weight is 496 g/mol. The first kappa shape index (κ1) is 21.2. The smallest absolute Gasteiger partial charge is 0.304 e. The maximum Gasteiger partial charge on any atom is 0.304 e. The van der Waals surface area contributed by atoms with Crippen molar-refractivity contribution in [3.8, 4) is 0 Å². The second-order valence-corrected chi connectivity index (χ2v) is 7.58. The lowest BCUT2D eigenvalue weighted by atomic mass is 10.0. The summed E-state index contributed by atoms with van der Waals surface area (Å²) in [4.78, 5) is 11.4. The molecule has 3 rings (SSSR count). The molecule has 0 spiro atoms. The summed E-state index contributed by atoms with van der Waals surface area (Å²) in [6.07, 6.45) is -0.869. The summed E-state index contributed by atoms with van der Waals surface area (Å²) in [5.41, 5.74) is 2.18. The van der Waals surface area contributed by atoms with Crippen LogP contribution < -0.4 is 0 Å². The third kappa shape index (κ3) is 6.27. The molecule has 0 aliphatic carbocycles. The zero-order valence-electron chi connectivity index (χ0n) is 15.8. The van der Waals surface area contributed by atoms with Gasteiger partial charge in [-0.3, -0.25) is 4.79 Å². The highest BCUT2D eigenvalue weighted by molar-refractivity contribution is 14.1. The Bertz CT molecular complexity index is 724. The number of carbonyl (C=O) groups excluding carboxylic acids is 1. The fourth-order valence-corrected chi connectivity index (χ4v) is 3.91. The molecule has 0 amide bonds. The Kier molecular flexibility index (Phi) is 8.27. The van der Waals surface area contributed by atoms with Crippen molar-refractivity contribution in [3.05, 3.63) is 71.8 Å². The van der Waals surface area contributed by atoms with Crippen LogP contribution in [0.4, 0.5) is 0 Å². The molecule has 1 fully saturated rings. The van der Waals surface area contributed by atoms with Gasteiger partial charge >= 0.3 is 5.97 Å². The average Bonchev–Trinajstić information content (AvgIpc) is 2.72. The van der Waals surface area contributed by atoms with Gasteiger partial charge in [-0.05, 0) is 11.1 Å². The molecule has 0 radical (unpaired) electrons. The van der Waals surface area contributed by atoms with Crippen LogP contribution in [0.15, 0.2) is 60.7 Å². The van der Waals surface area contributed by atoms with Crippen molar-refractivity contribution in [3.63, 3.8) is 0 Å². The SMILES string of the molecule is CC(=O)OC1C[C@@H](OCc2ccccc2)[C@H](OCc2ccccc2)[C@@H](CI)O1. The van der Waals surface area contributed by atoms with E-state index in [-0.39, 0.29) is 24.3 Å². The molecular weight excluding hydrogens is 471 g/mol. The maximum atomic E-state index is 11.4. The third-order valence-corrected chi connectivity index (χ3v) is 5.39. The summed E-state index contributed by atoms with van der Waals surface area (Å²) >= 11 is 2.27. The van der Waals surface area contributed by atoms with Gasteiger partial charge in [0.1, 0.15) is 6.10 Å². The van der Waals surface area contributed by atoms with E-state index in [9.17, 15) is 4.79 Å². The molecule has 1 unspecified atom stereocenters. The van der Waals surface area contributed by atoms with Crippen LogP contribution in [0.25, 0.3) is 0 Å². The third-order valence-electron chi connectivity index (χ3n) is 4.53. The molecule has 1 heterocycles. The number of halogens is 1. The highest BCUT2D eigenvalue weighted by Gasteiger charge is 2.41. The minimum atomic E-state index is -0.616. The number of ether oxygens (including phenoxy) is 4. The first-order valence-corrected chi connectivity index (χ1v) is 10.9. The number of esters is 1. The van der Waals surface area contributed by atoms with Crippen LogP contribution in [-0.4, -0.2) is 35.0 Å². The van der Waals surface area contributed by atoms with Crippen molar-refractivity contribution >= 4 is 28.6 Å². The maximum absolute atomic E-state index is 11.4. The first-order chi connectivity index (χ1) is 13.7. The topological polar surface area (TPSA) is 54.0 Å². The van der Waals surface area contributed by atoms with Crippen molar-refractivity contribution in [2.75, 3.05) is 4.43 Å². The molecule has 4 atom stereocenters. The molecule has 0 N–H and O–H groups in total. The van der Waals surface area contributed by atoms with Gasteiger partial charge in [0.15, 0.2) is 0 Å². The fraction of sp³-hybridized carbons (Fsp3) is 0.409. The fourth-order valence-electron chi connectivity index (χ4n) is 3.20. The molecule has 2 aromatic rings. The summed E-state index contributed by atoms with van der Waals surface area (Å²) in [5, 5.41) is 0. The van der Waals surface area contributed by atoms with Crippen molar-refractivity contribution in [2.24, 2.45) is 0 Å². The predicted molar refractivity (Wildman–Crippen MR) is 114 cm³/mol. The van der Waals surface area contributed by atoms with E-state index in [1.54, 1.807) is 0 Å². The van der Waals surface area contributed by atoms with Gasteiger partial charge < -0.3 is 18.9 Å². The Morgan fingerprint density at radius 1 is 1.00 bits per heavy atom. The van der Waals surface area contributed by atoms with Gasteiger partial charge in [-0.1, -0.05) is 83.3 Å². The second kappa shape index (κ2) is 10.9. The monoisotopic (exact) mass is 496 g/mol. The number of carbonyl (C=O) groups is 1. The van der Waals surface area contributed by atoms with Gasteiger partial charge in [0, 0.05) is 17.8 Å². The number of hydrogen-bond acceptors (Lipinski definition) is 5. The molecule has 0 saturated carbocycles. The molecule has 5 nitrogen and oxygen atoms in total. The van der Waals surface area contributed by atoms with E-state index in [2.05, 4.69) is 22.6 Å². The molecule has 1 aliphatic heterocycles. The summed E-state index contributed by atoms with van der Waals surface area (Å²) < 4.78 is 24.4. The van der Waals surface area contributed by atoms with E-state index >= 15 is 0 Å². The van der Waals surface area contributed by atoms with Crippen LogP contribution in [-0.2, 0) is 37.0 Å². The number of alkyl halides is 1. The summed E-state index contributed by atoms with van der Waals surface area (Å²) in [6.45, 7) is 2.34. The lowest BCUT2D eigenvalue weighted by molar-refractivity contribution is -0.257. The van der Waals surface area contributed by atoms with Gasteiger partial charge in [-0.25, -0.2) is 0 Å². The second-order valence-electron chi connectivity index (χ2n) is 6.70. The quantitative estimate of drug-likeness (QED) is 0.311. The molecule has 0 aromatic heterocycles. The van der Waals surface area contributed by atoms with Crippen LogP contribution in [0.2, 0.25) is 0 Å². The lowest BCUT2D eigenvalue weighted by Gasteiger charge is -2.40. The normalized spacial score (nSPS) is 24.6. The highest BCUT2D eigenvalue weighted by Crippen LogP contribution is 2.29. The molecular formula is C22H25IO5. The zero-order valence-corrected chi connectivity index (χ0v) is 18.0. The molecule has 6 heteroatoms. The van der Waals surface area contributed by atoms with Crippen molar-refractivity contribution < 1.29 is 23.7 Å². The molecule has 150 valence electrons. The molecule has 0 bridgehead atoms. The molecule has 1 aliphatic rings. The summed E-state index contributed by atoms with van der Waals surface area (Å²) in [6, 6.07) is 20.0. The molecule has 2 aromatic carbocycles. The van der Waals surface area contributed by atoms with Gasteiger partial charge in [0.05, 0.1) is 25.4 Å². The van der Waals surface area contributed by atoms with Crippen molar-refractivity contribution in [1.82, 2.24) is 0 Å². The Morgan fingerprint density at radius 2 is 1.57 bits per heavy atom. The van der Waals surface area contributed by atoms with E-state index in [0.29, 0.717) is 24.1 Å². The minimum Gasteiger partial charge on any atom is -0.436 e. The van der Waals surface area contributed by atoms with Crippen LogP contribution in [0.1, 0.15) is 24.5 Å². The zero-order chi connectivity index (χ0) is 19.8. The largest absolute Gasteiger partial charge is 0.436 e. The lowest BCUT2D eigenvalue weighted by Crippen LogP contribution is -2.52. The van der Waals surface area contributed by atoms with Gasteiger partial charge in [-0.15, -0.1) is 0 Å². The minimum absolute atomic E-state index is 0.219. The Labute approximate surface area is 179 Å². The molecule has 28 heavy (non-hydrogen) atoms. The predicted octanol–water partition coefficient (Wildman–Crippen LogP) is 4.27. The van der Waals surface area contributed by atoms with E-state index in [1.807, 2.05) is 60.7 Å². The van der Waals surface area contributed by atoms with Crippen molar-refractivity contribution in [1.29, 1.82) is 0 Å². The van der Waals surface area contributed by atoms with E-state index in [0.717, 1.165) is 11.1 Å². The van der Waals surface area contributed by atoms with Crippen LogP contribution >= 0.6 is 22.6 Å². The number of hydrogen-bond donors (Lipinski definition) is 0. The summed E-state index contributed by atoms with van der Waals surface area (Å²) in [7, 11) is 0. The highest BCUT2D eigenvalue weighted by atomic mass is 127. The standard InChI is InChI=1S/C22H25IO5/c1-16(24)27-21-12-19(25-14-17-8-4-2-5-9-17)22(20(13-23)28-21)26-15-18-10-6-3-7-11-18/h2-11,19-22H,12-15H2,1H3/t19-,20-,21?,22+/m1/s1. The van der Waals surface area contributed by atoms with Crippen LogP contribution in [0.5, 0.6) is 0 Å². The number of rotatable bonds is 8. The van der Waals surface area contributed by atoms with E-state index < -0.39 is 6.29 Å². The van der Waals surface area contributed by atoms with Gasteiger partial charge in [-0.2, -0.15) is 0 Å². The number of benzene rings is 2. The van der Waals surface area contributed by atoms with Gasteiger partial charge in [0.25, 0.3) is 0 Å². The van der Waals surface area contributed by atoms with E-state index in [4.69, 9.17) is 18.9 Å². The van der Waals surface area contributed by atoms with E-state index in [1.165, 1.54) is 6.92 Å². The molecule has 1 saturated heterocycles. The Morgan fingerprint density at radius 3 is 2.11 bits per heavy atom. The van der Waals surface area contributed by atoms with Crippen LogP contribution in [0, 0.1) is 0 Å². The van der Waals surface area contributed by atoms with Crippen molar-refractivity contribution in [2.45, 2.75) is 51.2 Å². The Balaban J connectivity index is 1.70. The Hall–Kier alpha value is -1.48. The first-order valence-electron chi connectivity index (χ1n) is 9.35. The summed E-state index contributed by atoms with van der Waals surface area (Å²) in [5.74, 6) is -0.359. The van der Waals surface area contributed by atoms with Gasteiger partial charge in [0.2, 0.25) is 6.29 Å².